The van der Waals surface area contributed by atoms with E-state index < -0.39 is 0 Å². The molecule has 0 bridgehead atoms. The van der Waals surface area contributed by atoms with Crippen molar-refractivity contribution in [2.75, 3.05) is 6.54 Å². The fraction of sp³-hybridized carbons (Fsp3) is 0.400. The number of rotatable bonds is 4. The van der Waals surface area contributed by atoms with Gasteiger partial charge < -0.3 is 4.90 Å². The molecule has 1 saturated heterocycles. The lowest BCUT2D eigenvalue weighted by atomic mass is 10.0. The number of aryl methyl sites for hydroxylation is 2. The number of likely N-dealkylation sites (tertiary alicyclic amines) is 1. The maximum absolute atomic E-state index is 13.4. The zero-order valence-corrected chi connectivity index (χ0v) is 15.9. The molecule has 0 radical (unpaired) electrons. The minimum absolute atomic E-state index is 0.0115. The summed E-state index contributed by atoms with van der Waals surface area (Å²) < 4.78 is 1.72. The maximum Gasteiger partial charge on any atom is 0.272 e. The lowest BCUT2D eigenvalue weighted by Crippen LogP contribution is -2.32. The van der Waals surface area contributed by atoms with Gasteiger partial charge in [-0.1, -0.05) is 6.92 Å². The van der Waals surface area contributed by atoms with E-state index in [2.05, 4.69) is 27.2 Å². The largest absolute Gasteiger partial charge is 0.329 e. The molecule has 1 aliphatic heterocycles. The van der Waals surface area contributed by atoms with Crippen molar-refractivity contribution in [1.82, 2.24) is 29.9 Å². The Labute approximate surface area is 158 Å². The third-order valence-electron chi connectivity index (χ3n) is 5.43. The molecule has 7 heteroatoms. The van der Waals surface area contributed by atoms with Crippen molar-refractivity contribution in [3.8, 4) is 11.1 Å². The number of aromatic nitrogens is 5. The van der Waals surface area contributed by atoms with Crippen molar-refractivity contribution in [3.05, 3.63) is 53.4 Å². The Kier molecular flexibility index (Phi) is 4.51. The fourth-order valence-electron chi connectivity index (χ4n) is 4.08. The van der Waals surface area contributed by atoms with Crippen LogP contribution in [0.4, 0.5) is 0 Å². The van der Waals surface area contributed by atoms with E-state index in [1.807, 2.05) is 37.2 Å². The van der Waals surface area contributed by atoms with Gasteiger partial charge in [0.1, 0.15) is 5.69 Å². The molecule has 0 aromatic carbocycles. The summed E-state index contributed by atoms with van der Waals surface area (Å²) in [6.07, 6.45) is 8.09. The molecule has 4 heterocycles. The summed E-state index contributed by atoms with van der Waals surface area (Å²) in [6.45, 7) is 4.79. The number of hydrogen-bond acceptors (Lipinski definition) is 4. The van der Waals surface area contributed by atoms with Gasteiger partial charge in [-0.05, 0) is 43.9 Å². The Balaban J connectivity index is 1.69. The molecule has 1 atom stereocenters. The summed E-state index contributed by atoms with van der Waals surface area (Å²) in [6, 6.07) is 3.92. The van der Waals surface area contributed by atoms with Crippen molar-refractivity contribution in [2.24, 2.45) is 7.05 Å². The van der Waals surface area contributed by atoms with Gasteiger partial charge in [-0.3, -0.25) is 19.6 Å². The lowest BCUT2D eigenvalue weighted by Gasteiger charge is -2.25. The number of nitrogens with one attached hydrogen (secondary N) is 1. The van der Waals surface area contributed by atoms with Gasteiger partial charge in [-0.25, -0.2) is 0 Å². The summed E-state index contributed by atoms with van der Waals surface area (Å²) in [7, 11) is 1.85. The van der Waals surface area contributed by atoms with Gasteiger partial charge in [-0.2, -0.15) is 10.2 Å². The van der Waals surface area contributed by atoms with Crippen LogP contribution >= 0.6 is 0 Å². The standard InChI is InChI=1S/C20H24N6O/c1-4-16-13(2)19(25(3)24-16)20(27)26-11-5-6-17(26)18-15(12-22-23-18)14-7-9-21-10-8-14/h7-10,12,17H,4-6,11H2,1-3H3,(H,22,23). The third kappa shape index (κ3) is 2.93. The Hall–Kier alpha value is -2.96. The first-order chi connectivity index (χ1) is 13.1. The second kappa shape index (κ2) is 6.98. The van der Waals surface area contributed by atoms with Crippen LogP contribution in [-0.4, -0.2) is 42.3 Å². The zero-order valence-electron chi connectivity index (χ0n) is 15.9. The molecule has 7 nitrogen and oxygen atoms in total. The molecule has 0 saturated carbocycles. The van der Waals surface area contributed by atoms with Crippen molar-refractivity contribution in [3.63, 3.8) is 0 Å². The van der Waals surface area contributed by atoms with Crippen LogP contribution in [0.2, 0.25) is 0 Å². The zero-order chi connectivity index (χ0) is 19.0. The molecule has 1 N–H and O–H groups in total. The van der Waals surface area contributed by atoms with Crippen LogP contribution in [0.5, 0.6) is 0 Å². The highest BCUT2D eigenvalue weighted by Gasteiger charge is 2.35. The van der Waals surface area contributed by atoms with Gasteiger partial charge in [0.2, 0.25) is 0 Å². The highest BCUT2D eigenvalue weighted by atomic mass is 16.2. The molecule has 0 spiro atoms. The molecule has 1 aliphatic rings. The number of carbonyl (C=O) groups is 1. The Morgan fingerprint density at radius 1 is 1.33 bits per heavy atom. The molecular formula is C20H24N6O. The number of carbonyl (C=O) groups excluding carboxylic acids is 1. The van der Waals surface area contributed by atoms with Crippen LogP contribution in [0.1, 0.15) is 53.2 Å². The van der Waals surface area contributed by atoms with Crippen molar-refractivity contribution < 1.29 is 4.79 Å². The van der Waals surface area contributed by atoms with E-state index in [-0.39, 0.29) is 11.9 Å². The average Bonchev–Trinajstić information content (AvgIpc) is 3.40. The first-order valence-corrected chi connectivity index (χ1v) is 9.39. The molecule has 4 rings (SSSR count). The van der Waals surface area contributed by atoms with E-state index in [1.165, 1.54) is 0 Å². The van der Waals surface area contributed by atoms with E-state index in [1.54, 1.807) is 17.1 Å². The molecule has 140 valence electrons. The van der Waals surface area contributed by atoms with Crippen LogP contribution in [0.3, 0.4) is 0 Å². The van der Waals surface area contributed by atoms with Gasteiger partial charge in [0.25, 0.3) is 5.91 Å². The molecule has 1 amide bonds. The summed E-state index contributed by atoms with van der Waals surface area (Å²) >= 11 is 0. The van der Waals surface area contributed by atoms with Gasteiger partial charge in [0.05, 0.1) is 23.6 Å². The first kappa shape index (κ1) is 17.5. The Bertz CT molecular complexity index is 958. The minimum Gasteiger partial charge on any atom is -0.329 e. The van der Waals surface area contributed by atoms with E-state index in [9.17, 15) is 4.79 Å². The summed E-state index contributed by atoms with van der Waals surface area (Å²) in [5.74, 6) is 0.0416. The maximum atomic E-state index is 13.4. The molecule has 1 unspecified atom stereocenters. The van der Waals surface area contributed by atoms with Gasteiger partial charge in [0, 0.05) is 37.1 Å². The second-order valence-electron chi connectivity index (χ2n) is 6.99. The van der Waals surface area contributed by atoms with Crippen molar-refractivity contribution in [2.45, 2.75) is 39.2 Å². The van der Waals surface area contributed by atoms with Crippen LogP contribution in [0.15, 0.2) is 30.7 Å². The van der Waals surface area contributed by atoms with Crippen LogP contribution in [0.25, 0.3) is 11.1 Å². The number of hydrogen-bond donors (Lipinski definition) is 1. The number of aromatic amines is 1. The quantitative estimate of drug-likeness (QED) is 0.772. The monoisotopic (exact) mass is 364 g/mol. The van der Waals surface area contributed by atoms with Crippen LogP contribution in [0, 0.1) is 6.92 Å². The predicted octanol–water partition coefficient (Wildman–Crippen LogP) is 3.05. The van der Waals surface area contributed by atoms with Crippen molar-refractivity contribution in [1.29, 1.82) is 0 Å². The summed E-state index contributed by atoms with van der Waals surface area (Å²) in [5, 5.41) is 11.9. The minimum atomic E-state index is -0.0115. The number of nitrogens with zero attached hydrogens (tertiary/aromatic N) is 5. The smallest absolute Gasteiger partial charge is 0.272 e. The molecule has 0 aliphatic carbocycles. The first-order valence-electron chi connectivity index (χ1n) is 9.39. The summed E-state index contributed by atoms with van der Waals surface area (Å²) in [5.41, 5.74) is 5.72. The van der Waals surface area contributed by atoms with E-state index >= 15 is 0 Å². The number of H-pyrrole nitrogens is 1. The SMILES string of the molecule is CCc1nn(C)c(C(=O)N2CCCC2c2[nH]ncc2-c2ccncc2)c1C. The van der Waals surface area contributed by atoms with E-state index in [4.69, 9.17) is 0 Å². The van der Waals surface area contributed by atoms with Crippen LogP contribution in [-0.2, 0) is 13.5 Å². The van der Waals surface area contributed by atoms with Gasteiger partial charge >= 0.3 is 0 Å². The van der Waals surface area contributed by atoms with Gasteiger partial charge in [-0.15, -0.1) is 0 Å². The molecule has 3 aromatic rings. The Morgan fingerprint density at radius 2 is 2.11 bits per heavy atom. The molecule has 27 heavy (non-hydrogen) atoms. The lowest BCUT2D eigenvalue weighted by molar-refractivity contribution is 0.0721. The highest BCUT2D eigenvalue weighted by molar-refractivity contribution is 5.94. The molecular weight excluding hydrogens is 340 g/mol. The fourth-order valence-corrected chi connectivity index (χ4v) is 4.08. The number of amides is 1. The van der Waals surface area contributed by atoms with E-state index in [0.717, 1.165) is 53.9 Å². The van der Waals surface area contributed by atoms with Gasteiger partial charge in [0.15, 0.2) is 0 Å². The summed E-state index contributed by atoms with van der Waals surface area (Å²) in [4.78, 5) is 19.4. The molecule has 1 fully saturated rings. The normalized spacial score (nSPS) is 16.9. The van der Waals surface area contributed by atoms with Crippen molar-refractivity contribution >= 4 is 5.91 Å². The number of pyridine rings is 1. The molecule has 3 aromatic heterocycles. The van der Waals surface area contributed by atoms with E-state index in [0.29, 0.717) is 5.69 Å². The Morgan fingerprint density at radius 3 is 2.81 bits per heavy atom. The highest BCUT2D eigenvalue weighted by Crippen LogP contribution is 2.37. The topological polar surface area (TPSA) is 79.7 Å². The predicted molar refractivity (Wildman–Crippen MR) is 102 cm³/mol. The van der Waals surface area contributed by atoms with Crippen LogP contribution < -0.4 is 0 Å². The average molecular weight is 364 g/mol. The third-order valence-corrected chi connectivity index (χ3v) is 5.43. The second-order valence-corrected chi connectivity index (χ2v) is 6.99.